The fourth-order valence-corrected chi connectivity index (χ4v) is 2.93. The van der Waals surface area contributed by atoms with Crippen LogP contribution in [0.4, 0.5) is 0 Å². The maximum Gasteiger partial charge on any atom is 0.0821 e. The van der Waals surface area contributed by atoms with Crippen LogP contribution in [0.25, 0.3) is 0 Å². The Bertz CT molecular complexity index is 244. The minimum absolute atomic E-state index is 0.321. The highest BCUT2D eigenvalue weighted by molar-refractivity contribution is 4.89. The molecule has 0 aromatic carbocycles. The predicted molar refractivity (Wildman–Crippen MR) is 67.8 cm³/mol. The van der Waals surface area contributed by atoms with Gasteiger partial charge >= 0.3 is 0 Å². The summed E-state index contributed by atoms with van der Waals surface area (Å²) in [5.74, 6) is 0. The van der Waals surface area contributed by atoms with Gasteiger partial charge in [-0.3, -0.25) is 4.90 Å². The molecule has 0 spiro atoms. The Hall–Kier alpha value is -0.200. The Morgan fingerprint density at radius 2 is 1.78 bits per heavy atom. The van der Waals surface area contributed by atoms with Crippen molar-refractivity contribution in [2.75, 3.05) is 65.8 Å². The van der Waals surface area contributed by atoms with Crippen molar-refractivity contribution in [2.45, 2.75) is 18.6 Å². The summed E-state index contributed by atoms with van der Waals surface area (Å²) in [5, 5.41) is 0. The van der Waals surface area contributed by atoms with Crippen molar-refractivity contribution in [3.05, 3.63) is 0 Å². The standard InChI is InChI=1S/C13H24N2O3/c1(13-11-17-7-8-18-13)2-14-9-12(10-14)15-3-5-16-6-4-15/h12-13H,1-11H2. The average molecular weight is 256 g/mol. The average Bonchev–Trinajstić information content (AvgIpc) is 2.39. The zero-order valence-corrected chi connectivity index (χ0v) is 11.1. The van der Waals surface area contributed by atoms with Crippen molar-refractivity contribution >= 4 is 0 Å². The molecular weight excluding hydrogens is 232 g/mol. The molecule has 3 saturated heterocycles. The van der Waals surface area contributed by atoms with Crippen molar-refractivity contribution in [1.29, 1.82) is 0 Å². The summed E-state index contributed by atoms with van der Waals surface area (Å²) in [6, 6.07) is 0.762. The minimum Gasteiger partial charge on any atom is -0.379 e. The SMILES string of the molecule is C1CN(C2CN(CCC3COCCO3)C2)CCO1. The summed E-state index contributed by atoms with van der Waals surface area (Å²) in [5.41, 5.74) is 0. The topological polar surface area (TPSA) is 34.2 Å². The first-order valence-electron chi connectivity index (χ1n) is 7.15. The third-order valence-corrected chi connectivity index (χ3v) is 4.15. The van der Waals surface area contributed by atoms with Gasteiger partial charge in [0.2, 0.25) is 0 Å². The van der Waals surface area contributed by atoms with Crippen LogP contribution in [0.1, 0.15) is 6.42 Å². The Morgan fingerprint density at radius 3 is 2.50 bits per heavy atom. The summed E-state index contributed by atoms with van der Waals surface area (Å²) < 4.78 is 16.5. The molecule has 0 N–H and O–H groups in total. The number of hydrogen-bond donors (Lipinski definition) is 0. The molecule has 0 aliphatic carbocycles. The van der Waals surface area contributed by atoms with E-state index in [1.54, 1.807) is 0 Å². The Morgan fingerprint density at radius 1 is 0.944 bits per heavy atom. The zero-order chi connectivity index (χ0) is 12.2. The van der Waals surface area contributed by atoms with Crippen LogP contribution in [0.15, 0.2) is 0 Å². The van der Waals surface area contributed by atoms with Gasteiger partial charge in [0.25, 0.3) is 0 Å². The van der Waals surface area contributed by atoms with Gasteiger partial charge in [0.15, 0.2) is 0 Å². The molecule has 0 amide bonds. The molecule has 0 saturated carbocycles. The Labute approximate surface area is 109 Å². The molecule has 18 heavy (non-hydrogen) atoms. The van der Waals surface area contributed by atoms with Gasteiger partial charge in [0.05, 0.1) is 39.1 Å². The zero-order valence-electron chi connectivity index (χ0n) is 11.1. The molecule has 3 rings (SSSR count). The lowest BCUT2D eigenvalue weighted by atomic mass is 10.1. The smallest absolute Gasteiger partial charge is 0.0821 e. The van der Waals surface area contributed by atoms with Gasteiger partial charge < -0.3 is 19.1 Å². The maximum absolute atomic E-state index is 5.66. The number of hydrogen-bond acceptors (Lipinski definition) is 5. The number of nitrogens with zero attached hydrogens (tertiary/aromatic N) is 2. The largest absolute Gasteiger partial charge is 0.379 e. The van der Waals surface area contributed by atoms with Crippen molar-refractivity contribution in [3.63, 3.8) is 0 Å². The summed E-state index contributed by atoms with van der Waals surface area (Å²) in [4.78, 5) is 5.10. The first-order valence-corrected chi connectivity index (χ1v) is 7.15. The van der Waals surface area contributed by atoms with Crippen LogP contribution in [0.5, 0.6) is 0 Å². The van der Waals surface area contributed by atoms with Crippen molar-refractivity contribution in [2.24, 2.45) is 0 Å². The first-order chi connectivity index (χ1) is 8.92. The lowest BCUT2D eigenvalue weighted by Gasteiger charge is -2.47. The third kappa shape index (κ3) is 3.22. The monoisotopic (exact) mass is 256 g/mol. The van der Waals surface area contributed by atoms with Gasteiger partial charge in [-0.05, 0) is 6.42 Å². The molecule has 3 aliphatic heterocycles. The van der Waals surface area contributed by atoms with Gasteiger partial charge in [-0.25, -0.2) is 0 Å². The number of ether oxygens (including phenoxy) is 3. The van der Waals surface area contributed by atoms with Crippen LogP contribution in [-0.2, 0) is 14.2 Å². The van der Waals surface area contributed by atoms with E-state index in [0.717, 1.165) is 65.1 Å². The van der Waals surface area contributed by atoms with E-state index in [9.17, 15) is 0 Å². The molecule has 0 bridgehead atoms. The minimum atomic E-state index is 0.321. The molecule has 5 nitrogen and oxygen atoms in total. The van der Waals surface area contributed by atoms with E-state index in [4.69, 9.17) is 14.2 Å². The fraction of sp³-hybridized carbons (Fsp3) is 1.00. The van der Waals surface area contributed by atoms with Gasteiger partial charge in [0, 0.05) is 38.8 Å². The van der Waals surface area contributed by atoms with E-state index in [0.29, 0.717) is 6.10 Å². The molecule has 0 radical (unpaired) electrons. The highest BCUT2D eigenvalue weighted by atomic mass is 16.6. The van der Waals surface area contributed by atoms with Gasteiger partial charge in [-0.1, -0.05) is 0 Å². The van der Waals surface area contributed by atoms with E-state index in [2.05, 4.69) is 9.80 Å². The molecule has 3 aliphatic rings. The molecule has 3 fully saturated rings. The van der Waals surface area contributed by atoms with Gasteiger partial charge in [-0.2, -0.15) is 0 Å². The van der Waals surface area contributed by atoms with Crippen molar-refractivity contribution in [1.82, 2.24) is 9.80 Å². The highest BCUT2D eigenvalue weighted by Crippen LogP contribution is 2.17. The van der Waals surface area contributed by atoms with E-state index in [1.807, 2.05) is 0 Å². The van der Waals surface area contributed by atoms with Crippen molar-refractivity contribution < 1.29 is 14.2 Å². The van der Waals surface area contributed by atoms with Gasteiger partial charge in [-0.15, -0.1) is 0 Å². The molecule has 3 heterocycles. The molecule has 5 heteroatoms. The molecule has 0 aromatic heterocycles. The second-order valence-corrected chi connectivity index (χ2v) is 5.42. The molecular formula is C13H24N2O3. The normalized spacial score (nSPS) is 32.3. The molecule has 0 aromatic rings. The summed E-state index contributed by atoms with van der Waals surface area (Å²) in [6.45, 7) is 9.92. The van der Waals surface area contributed by atoms with Crippen LogP contribution < -0.4 is 0 Å². The quantitative estimate of drug-likeness (QED) is 0.696. The number of rotatable bonds is 4. The van der Waals surface area contributed by atoms with E-state index in [-0.39, 0.29) is 0 Å². The second-order valence-electron chi connectivity index (χ2n) is 5.42. The summed E-state index contributed by atoms with van der Waals surface area (Å²) >= 11 is 0. The van der Waals surface area contributed by atoms with E-state index in [1.165, 1.54) is 13.1 Å². The van der Waals surface area contributed by atoms with Crippen molar-refractivity contribution in [3.8, 4) is 0 Å². The Kier molecular flexibility index (Phi) is 4.49. The van der Waals surface area contributed by atoms with E-state index < -0.39 is 0 Å². The van der Waals surface area contributed by atoms with Crippen LogP contribution in [0.2, 0.25) is 0 Å². The number of morpholine rings is 1. The van der Waals surface area contributed by atoms with Crippen LogP contribution in [-0.4, -0.2) is 87.7 Å². The first kappa shape index (κ1) is 12.8. The molecule has 1 unspecified atom stereocenters. The lowest BCUT2D eigenvalue weighted by molar-refractivity contribution is -0.0970. The Balaban J connectivity index is 1.30. The summed E-state index contributed by atoms with van der Waals surface area (Å²) in [6.07, 6.45) is 1.43. The highest BCUT2D eigenvalue weighted by Gasteiger charge is 2.32. The third-order valence-electron chi connectivity index (χ3n) is 4.15. The van der Waals surface area contributed by atoms with Crippen LogP contribution in [0.3, 0.4) is 0 Å². The molecule has 1 atom stereocenters. The van der Waals surface area contributed by atoms with E-state index >= 15 is 0 Å². The molecule has 104 valence electrons. The maximum atomic E-state index is 5.66. The number of likely N-dealkylation sites (tertiary alicyclic amines) is 1. The fourth-order valence-electron chi connectivity index (χ4n) is 2.93. The van der Waals surface area contributed by atoms with Crippen LogP contribution >= 0.6 is 0 Å². The second kappa shape index (κ2) is 6.30. The predicted octanol–water partition coefficient (Wildman–Crippen LogP) is -0.192. The van der Waals surface area contributed by atoms with Gasteiger partial charge in [0.1, 0.15) is 0 Å². The van der Waals surface area contributed by atoms with Crippen LogP contribution in [0, 0.1) is 0 Å². The lowest BCUT2D eigenvalue weighted by Crippen LogP contribution is -2.61. The summed E-state index contributed by atoms with van der Waals surface area (Å²) in [7, 11) is 0.